The SMILES string of the molecule is N#CC1C=C(c2cccc(-n3c4ccccc4c4cc5c6ccccc6n(-c6ccccc6)c5cc43)n2)C=CCC1. The molecule has 4 heteroatoms. The summed E-state index contributed by atoms with van der Waals surface area (Å²) < 4.78 is 4.64. The van der Waals surface area contributed by atoms with E-state index in [1.807, 2.05) is 6.07 Å². The summed E-state index contributed by atoms with van der Waals surface area (Å²) in [6, 6.07) is 41.1. The van der Waals surface area contributed by atoms with Gasteiger partial charge in [0.15, 0.2) is 0 Å². The molecule has 1 aliphatic rings. The fourth-order valence-corrected chi connectivity index (χ4v) is 6.36. The number of benzene rings is 4. The van der Waals surface area contributed by atoms with Crippen LogP contribution in [0, 0.1) is 17.2 Å². The lowest BCUT2D eigenvalue weighted by Crippen LogP contribution is -2.00. The Kier molecular flexibility index (Phi) is 5.36. The minimum absolute atomic E-state index is 0.105. The molecular weight excluding hydrogens is 500 g/mol. The summed E-state index contributed by atoms with van der Waals surface area (Å²) in [5, 5.41) is 14.5. The van der Waals surface area contributed by atoms with Crippen molar-refractivity contribution < 1.29 is 0 Å². The van der Waals surface area contributed by atoms with Gasteiger partial charge < -0.3 is 4.57 Å². The van der Waals surface area contributed by atoms with Gasteiger partial charge in [0.25, 0.3) is 0 Å². The summed E-state index contributed by atoms with van der Waals surface area (Å²) in [4.78, 5) is 5.18. The van der Waals surface area contributed by atoms with Crippen molar-refractivity contribution >= 4 is 49.2 Å². The molecule has 0 amide bonds. The largest absolute Gasteiger partial charge is 0.309 e. The summed E-state index contributed by atoms with van der Waals surface area (Å²) in [5.41, 5.74) is 7.61. The van der Waals surface area contributed by atoms with E-state index in [-0.39, 0.29) is 5.92 Å². The summed E-state index contributed by atoms with van der Waals surface area (Å²) in [6.07, 6.45) is 8.06. The van der Waals surface area contributed by atoms with Gasteiger partial charge >= 0.3 is 0 Å². The predicted octanol–water partition coefficient (Wildman–Crippen LogP) is 9.15. The first-order chi connectivity index (χ1) is 20.3. The first kappa shape index (κ1) is 23.5. The third-order valence-electron chi connectivity index (χ3n) is 8.23. The van der Waals surface area contributed by atoms with E-state index in [4.69, 9.17) is 4.98 Å². The van der Waals surface area contributed by atoms with Crippen LogP contribution in [0.5, 0.6) is 0 Å². The molecule has 0 fully saturated rings. The van der Waals surface area contributed by atoms with Crippen LogP contribution in [-0.4, -0.2) is 14.1 Å². The highest BCUT2D eigenvalue weighted by atomic mass is 15.1. The number of nitriles is 1. The Balaban J connectivity index is 1.44. The Morgan fingerprint density at radius 2 is 1.34 bits per heavy atom. The minimum Gasteiger partial charge on any atom is -0.309 e. The molecule has 0 saturated carbocycles. The maximum Gasteiger partial charge on any atom is 0.138 e. The van der Waals surface area contributed by atoms with Crippen molar-refractivity contribution in [2.24, 2.45) is 5.92 Å². The molecule has 194 valence electrons. The van der Waals surface area contributed by atoms with Crippen LogP contribution in [0.4, 0.5) is 0 Å². The number of para-hydroxylation sites is 3. The maximum atomic E-state index is 9.62. The average molecular weight is 527 g/mol. The molecule has 0 radical (unpaired) electrons. The molecule has 0 spiro atoms. The number of pyridine rings is 1. The van der Waals surface area contributed by atoms with E-state index in [0.29, 0.717) is 0 Å². The lowest BCUT2D eigenvalue weighted by atomic mass is 10.0. The highest BCUT2D eigenvalue weighted by Crippen LogP contribution is 2.39. The molecule has 0 bridgehead atoms. The lowest BCUT2D eigenvalue weighted by molar-refractivity contribution is 0.740. The Morgan fingerprint density at radius 1 is 0.659 bits per heavy atom. The first-order valence-electron chi connectivity index (χ1n) is 14.1. The van der Waals surface area contributed by atoms with Gasteiger partial charge in [0.2, 0.25) is 0 Å². The van der Waals surface area contributed by atoms with Crippen molar-refractivity contribution in [3.05, 3.63) is 133 Å². The van der Waals surface area contributed by atoms with Crippen molar-refractivity contribution in [1.29, 1.82) is 5.26 Å². The Hall–Kier alpha value is -5.40. The minimum atomic E-state index is -0.105. The van der Waals surface area contributed by atoms with Gasteiger partial charge in [-0.15, -0.1) is 0 Å². The smallest absolute Gasteiger partial charge is 0.138 e. The highest BCUT2D eigenvalue weighted by Gasteiger charge is 2.19. The van der Waals surface area contributed by atoms with Crippen LogP contribution in [0.2, 0.25) is 0 Å². The molecule has 0 saturated heterocycles. The zero-order valence-corrected chi connectivity index (χ0v) is 22.4. The van der Waals surface area contributed by atoms with Crippen LogP contribution < -0.4 is 0 Å². The van der Waals surface area contributed by atoms with Gasteiger partial charge in [0, 0.05) is 27.2 Å². The van der Waals surface area contributed by atoms with Crippen molar-refractivity contribution in [1.82, 2.24) is 14.1 Å². The molecule has 1 atom stereocenters. The fourth-order valence-electron chi connectivity index (χ4n) is 6.36. The van der Waals surface area contributed by atoms with E-state index in [1.54, 1.807) is 0 Å². The number of hydrogen-bond acceptors (Lipinski definition) is 2. The number of fused-ring (bicyclic) bond motifs is 6. The second-order valence-corrected chi connectivity index (χ2v) is 10.6. The zero-order chi connectivity index (χ0) is 27.3. The van der Waals surface area contributed by atoms with E-state index in [2.05, 4.69) is 137 Å². The van der Waals surface area contributed by atoms with Gasteiger partial charge in [-0.1, -0.05) is 78.9 Å². The molecule has 3 heterocycles. The van der Waals surface area contributed by atoms with Crippen molar-refractivity contribution in [3.8, 4) is 17.6 Å². The van der Waals surface area contributed by atoms with Crippen LogP contribution in [-0.2, 0) is 0 Å². The number of rotatable bonds is 3. The maximum absolute atomic E-state index is 9.62. The van der Waals surface area contributed by atoms with E-state index in [1.165, 1.54) is 27.1 Å². The Labute approximate surface area is 237 Å². The van der Waals surface area contributed by atoms with Crippen molar-refractivity contribution in [2.75, 3.05) is 0 Å². The normalized spacial score (nSPS) is 15.4. The average Bonchev–Trinajstić information content (AvgIpc) is 3.40. The van der Waals surface area contributed by atoms with Gasteiger partial charge in [-0.2, -0.15) is 5.26 Å². The van der Waals surface area contributed by atoms with Crippen molar-refractivity contribution in [2.45, 2.75) is 12.8 Å². The van der Waals surface area contributed by atoms with Gasteiger partial charge in [0.1, 0.15) is 5.82 Å². The molecule has 4 aromatic carbocycles. The number of hydrogen-bond donors (Lipinski definition) is 0. The monoisotopic (exact) mass is 526 g/mol. The lowest BCUT2D eigenvalue weighted by Gasteiger charge is -2.11. The summed E-state index contributed by atoms with van der Waals surface area (Å²) in [5.74, 6) is 0.759. The van der Waals surface area contributed by atoms with Crippen LogP contribution in [0.1, 0.15) is 18.5 Å². The standard InChI is InChI=1S/C37H26N4/c38-24-25-11-4-5-12-26(21-25)32-17-10-20-37(39-32)41-34-19-9-7-16-29(34)31-22-30-28-15-6-8-18-33(28)40(35(30)23-36(31)41)27-13-2-1-3-14-27/h1-3,5-10,12-23,25H,4,11H2. The molecule has 3 aromatic heterocycles. The van der Waals surface area contributed by atoms with E-state index in [0.717, 1.165) is 52.2 Å². The van der Waals surface area contributed by atoms with E-state index in [9.17, 15) is 5.26 Å². The molecule has 4 nitrogen and oxygen atoms in total. The van der Waals surface area contributed by atoms with Crippen LogP contribution in [0.3, 0.4) is 0 Å². The van der Waals surface area contributed by atoms with Gasteiger partial charge in [-0.25, -0.2) is 4.98 Å². The molecule has 0 aliphatic heterocycles. The van der Waals surface area contributed by atoms with Crippen LogP contribution in [0.25, 0.3) is 60.7 Å². The molecule has 8 rings (SSSR count). The molecule has 0 N–H and O–H groups in total. The molecule has 41 heavy (non-hydrogen) atoms. The Morgan fingerprint density at radius 3 is 2.10 bits per heavy atom. The molecule has 1 unspecified atom stereocenters. The Bertz CT molecular complexity index is 2220. The van der Waals surface area contributed by atoms with Gasteiger partial charge in [-0.05, 0) is 66.9 Å². The quantitative estimate of drug-likeness (QED) is 0.230. The second-order valence-electron chi connectivity index (χ2n) is 10.6. The van der Waals surface area contributed by atoms with Gasteiger partial charge in [0.05, 0.1) is 39.7 Å². The summed E-state index contributed by atoms with van der Waals surface area (Å²) >= 11 is 0. The fraction of sp³-hybridized carbons (Fsp3) is 0.0811. The van der Waals surface area contributed by atoms with Gasteiger partial charge in [-0.3, -0.25) is 4.57 Å². The number of aromatic nitrogens is 3. The van der Waals surface area contributed by atoms with Crippen LogP contribution >= 0.6 is 0 Å². The van der Waals surface area contributed by atoms with E-state index >= 15 is 0 Å². The number of nitrogens with zero attached hydrogens (tertiary/aromatic N) is 4. The van der Waals surface area contributed by atoms with Crippen LogP contribution in [0.15, 0.2) is 127 Å². The first-order valence-corrected chi connectivity index (χ1v) is 14.1. The third-order valence-corrected chi connectivity index (χ3v) is 8.23. The third kappa shape index (κ3) is 3.71. The molecular formula is C37H26N4. The summed E-state index contributed by atoms with van der Waals surface area (Å²) in [6.45, 7) is 0. The summed E-state index contributed by atoms with van der Waals surface area (Å²) in [7, 11) is 0. The zero-order valence-electron chi connectivity index (χ0n) is 22.4. The molecule has 7 aromatic rings. The number of allylic oxidation sites excluding steroid dienone is 4. The predicted molar refractivity (Wildman–Crippen MR) is 168 cm³/mol. The molecule has 1 aliphatic carbocycles. The highest BCUT2D eigenvalue weighted by molar-refractivity contribution is 6.19. The van der Waals surface area contributed by atoms with E-state index < -0.39 is 0 Å². The second kappa shape index (κ2) is 9.36. The topological polar surface area (TPSA) is 46.5 Å². The van der Waals surface area contributed by atoms with Crippen molar-refractivity contribution in [3.63, 3.8) is 0 Å².